The van der Waals surface area contributed by atoms with Crippen molar-refractivity contribution < 1.29 is 32.2 Å². The number of amides is 1. The minimum atomic E-state index is -4.46. The van der Waals surface area contributed by atoms with E-state index in [4.69, 9.17) is 19.9 Å². The number of hydrogen-bond acceptors (Lipinski definition) is 6. The van der Waals surface area contributed by atoms with Crippen molar-refractivity contribution in [3.8, 4) is 0 Å². The summed E-state index contributed by atoms with van der Waals surface area (Å²) in [6.45, 7) is 10.7. The number of pyridine rings is 1. The van der Waals surface area contributed by atoms with Gasteiger partial charge in [0.25, 0.3) is 5.91 Å². The summed E-state index contributed by atoms with van der Waals surface area (Å²) in [5, 5.41) is 0. The number of ether oxygens (including phenoxy) is 3. The van der Waals surface area contributed by atoms with E-state index in [1.165, 1.54) is 12.1 Å². The first-order valence-electron chi connectivity index (χ1n) is 14.5. The van der Waals surface area contributed by atoms with Crippen LogP contribution in [0.1, 0.15) is 64.1 Å². The van der Waals surface area contributed by atoms with Crippen LogP contribution in [-0.4, -0.2) is 48.2 Å². The van der Waals surface area contributed by atoms with Crippen molar-refractivity contribution in [2.75, 3.05) is 25.5 Å². The Morgan fingerprint density at radius 3 is 2.62 bits per heavy atom. The summed E-state index contributed by atoms with van der Waals surface area (Å²) >= 11 is 0. The molecule has 1 spiro atoms. The van der Waals surface area contributed by atoms with E-state index in [-0.39, 0.29) is 19.2 Å². The average Bonchev–Trinajstić information content (AvgIpc) is 3.35. The van der Waals surface area contributed by atoms with E-state index in [0.29, 0.717) is 67.4 Å². The standard InChI is InChI=1S/C30H37F3N4O4Si/c1-5-36(25-16-41-29(8-9-29)22-12-18(30(31,32)33)6-7-19(22)25)28(38)24-13-23-26(20-14-40-15-21(20)27(34)35-23)37(24)17-39-10-11-42(2,3)4/h6-7,12-13,25H,5,8-11,14-17H2,1-4H3,(H2,34,35)/t25-/m1/s1. The van der Waals surface area contributed by atoms with Crippen LogP contribution in [0.3, 0.4) is 0 Å². The zero-order valence-electron chi connectivity index (χ0n) is 24.4. The highest BCUT2D eigenvalue weighted by Crippen LogP contribution is 2.55. The Hall–Kier alpha value is -2.93. The van der Waals surface area contributed by atoms with Gasteiger partial charge in [0.1, 0.15) is 18.2 Å². The van der Waals surface area contributed by atoms with Crippen molar-refractivity contribution in [2.45, 2.75) is 83.2 Å². The summed E-state index contributed by atoms with van der Waals surface area (Å²) in [6, 6.07) is 5.98. The van der Waals surface area contributed by atoms with Crippen LogP contribution >= 0.6 is 0 Å². The molecular weight excluding hydrogens is 565 g/mol. The van der Waals surface area contributed by atoms with Crippen LogP contribution in [0.5, 0.6) is 0 Å². The van der Waals surface area contributed by atoms with E-state index in [9.17, 15) is 18.0 Å². The van der Waals surface area contributed by atoms with E-state index in [1.54, 1.807) is 11.0 Å². The molecule has 0 unspecified atom stereocenters. The summed E-state index contributed by atoms with van der Waals surface area (Å²) < 4.78 is 60.7. The molecule has 0 radical (unpaired) electrons. The van der Waals surface area contributed by atoms with Gasteiger partial charge in [0.2, 0.25) is 0 Å². The average molecular weight is 603 g/mol. The molecule has 2 aromatic heterocycles. The summed E-state index contributed by atoms with van der Waals surface area (Å²) in [5.41, 5.74) is 9.52. The van der Waals surface area contributed by atoms with Gasteiger partial charge in [-0.1, -0.05) is 25.7 Å². The molecule has 3 aliphatic rings. The molecule has 226 valence electrons. The fourth-order valence-electron chi connectivity index (χ4n) is 6.11. The van der Waals surface area contributed by atoms with Crippen molar-refractivity contribution in [3.05, 3.63) is 57.8 Å². The van der Waals surface area contributed by atoms with Gasteiger partial charge >= 0.3 is 6.18 Å². The minimum absolute atomic E-state index is 0.153. The molecular formula is C30H37F3N4O4Si. The largest absolute Gasteiger partial charge is 0.416 e. The van der Waals surface area contributed by atoms with Gasteiger partial charge in [-0.3, -0.25) is 4.79 Å². The molecule has 1 aromatic carbocycles. The monoisotopic (exact) mass is 602 g/mol. The number of likely N-dealkylation sites (N-methyl/N-ethyl adjacent to an activating group) is 1. The van der Waals surface area contributed by atoms with Crippen LogP contribution in [0, 0.1) is 0 Å². The molecule has 6 rings (SSSR count). The molecule has 2 aliphatic heterocycles. The van der Waals surface area contributed by atoms with Crippen molar-refractivity contribution in [1.29, 1.82) is 0 Å². The number of carbonyl (C=O) groups is 1. The summed E-state index contributed by atoms with van der Waals surface area (Å²) in [7, 11) is -1.34. The predicted octanol–water partition coefficient (Wildman–Crippen LogP) is 6.20. The highest BCUT2D eigenvalue weighted by atomic mass is 28.3. The summed E-state index contributed by atoms with van der Waals surface area (Å²) in [4.78, 5) is 20.7. The SMILES string of the molecule is CCN(C(=O)c1cc2nc(N)c3c(c2n1COCC[Si](C)(C)C)COC3)[C@@H]1COC2(CC2)c2cc(C(F)(F)F)ccc21. The Bertz CT molecular complexity index is 1540. The van der Waals surface area contributed by atoms with Crippen LogP contribution < -0.4 is 5.73 Å². The maximum atomic E-state index is 14.4. The third-order valence-electron chi connectivity index (χ3n) is 8.64. The van der Waals surface area contributed by atoms with Gasteiger partial charge in [0, 0.05) is 32.4 Å². The molecule has 1 atom stereocenters. The first-order valence-corrected chi connectivity index (χ1v) is 18.2. The van der Waals surface area contributed by atoms with Crippen LogP contribution in [0.15, 0.2) is 24.3 Å². The number of nitrogen functional groups attached to an aromatic ring is 1. The second-order valence-corrected chi connectivity index (χ2v) is 18.3. The first kappa shape index (κ1) is 29.2. The predicted molar refractivity (Wildman–Crippen MR) is 155 cm³/mol. The van der Waals surface area contributed by atoms with Gasteiger partial charge in [-0.25, -0.2) is 4.98 Å². The van der Waals surface area contributed by atoms with E-state index in [2.05, 4.69) is 24.6 Å². The highest BCUT2D eigenvalue weighted by molar-refractivity contribution is 6.76. The molecule has 0 saturated heterocycles. The topological polar surface area (TPSA) is 91.8 Å². The van der Waals surface area contributed by atoms with Crippen molar-refractivity contribution >= 4 is 30.8 Å². The van der Waals surface area contributed by atoms with Gasteiger partial charge in [-0.2, -0.15) is 13.2 Å². The van der Waals surface area contributed by atoms with Gasteiger partial charge in [0.15, 0.2) is 0 Å². The van der Waals surface area contributed by atoms with Crippen LogP contribution in [0.2, 0.25) is 25.7 Å². The van der Waals surface area contributed by atoms with E-state index in [1.807, 2.05) is 11.5 Å². The van der Waals surface area contributed by atoms with Gasteiger partial charge in [0.05, 0.1) is 48.1 Å². The summed E-state index contributed by atoms with van der Waals surface area (Å²) in [6.07, 6.45) is -3.14. The Morgan fingerprint density at radius 2 is 1.95 bits per heavy atom. The maximum Gasteiger partial charge on any atom is 0.416 e. The van der Waals surface area contributed by atoms with Crippen LogP contribution in [-0.2, 0) is 45.9 Å². The van der Waals surface area contributed by atoms with Gasteiger partial charge in [-0.05, 0) is 55.1 Å². The Labute approximate surface area is 243 Å². The van der Waals surface area contributed by atoms with Crippen LogP contribution in [0.25, 0.3) is 11.0 Å². The Morgan fingerprint density at radius 1 is 1.21 bits per heavy atom. The van der Waals surface area contributed by atoms with Gasteiger partial charge in [-0.15, -0.1) is 0 Å². The number of alkyl halides is 3. The molecule has 3 aromatic rings. The molecule has 8 nitrogen and oxygen atoms in total. The molecule has 4 heterocycles. The van der Waals surface area contributed by atoms with E-state index < -0.39 is 31.5 Å². The molecule has 42 heavy (non-hydrogen) atoms. The Balaban J connectivity index is 1.39. The quantitative estimate of drug-likeness (QED) is 0.244. The number of aromatic nitrogens is 2. The number of carbonyl (C=O) groups excluding carboxylic acids is 1. The highest BCUT2D eigenvalue weighted by Gasteiger charge is 2.52. The zero-order valence-corrected chi connectivity index (χ0v) is 25.4. The number of benzene rings is 1. The van der Waals surface area contributed by atoms with Crippen LogP contribution in [0.4, 0.5) is 19.0 Å². The number of nitrogens with two attached hydrogens (primary N) is 1. The minimum Gasteiger partial charge on any atom is -0.383 e. The molecule has 1 saturated carbocycles. The molecule has 0 bridgehead atoms. The molecule has 1 fully saturated rings. The lowest BCUT2D eigenvalue weighted by Gasteiger charge is -2.39. The first-order chi connectivity index (χ1) is 19.8. The fraction of sp³-hybridized carbons (Fsp3) is 0.533. The number of nitrogens with zero attached hydrogens (tertiary/aromatic N) is 3. The van der Waals surface area contributed by atoms with Crippen molar-refractivity contribution in [1.82, 2.24) is 14.5 Å². The van der Waals surface area contributed by atoms with Gasteiger partial charge < -0.3 is 29.4 Å². The zero-order chi connectivity index (χ0) is 30.0. The fourth-order valence-corrected chi connectivity index (χ4v) is 6.87. The van der Waals surface area contributed by atoms with E-state index >= 15 is 0 Å². The second-order valence-electron chi connectivity index (χ2n) is 12.7. The molecule has 12 heteroatoms. The number of halogens is 3. The lowest BCUT2D eigenvalue weighted by molar-refractivity contribution is -0.137. The van der Waals surface area contributed by atoms with Crippen molar-refractivity contribution in [2.24, 2.45) is 0 Å². The third kappa shape index (κ3) is 5.12. The lowest BCUT2D eigenvalue weighted by atomic mass is 9.89. The second kappa shape index (κ2) is 10.4. The normalized spacial score (nSPS) is 19.3. The molecule has 1 aliphatic carbocycles. The summed E-state index contributed by atoms with van der Waals surface area (Å²) in [5.74, 6) is 0.102. The number of anilines is 1. The van der Waals surface area contributed by atoms with Crippen molar-refractivity contribution in [3.63, 3.8) is 0 Å². The maximum absolute atomic E-state index is 14.4. The molecule has 2 N–H and O–H groups in total. The number of fused-ring (bicyclic) bond motifs is 5. The number of hydrogen-bond donors (Lipinski definition) is 1. The lowest BCUT2D eigenvalue weighted by Crippen LogP contribution is -2.42. The third-order valence-corrected chi connectivity index (χ3v) is 10.3. The Kier molecular flexibility index (Phi) is 7.19. The smallest absolute Gasteiger partial charge is 0.383 e. The molecule has 1 amide bonds. The number of rotatable bonds is 8. The van der Waals surface area contributed by atoms with E-state index in [0.717, 1.165) is 28.8 Å².